The fourth-order valence-corrected chi connectivity index (χ4v) is 2.12. The predicted molar refractivity (Wildman–Crippen MR) is 69.3 cm³/mol. The SMILES string of the molecule is C=CCS(=O)(=O)OC(=O)/C=C\C(=O)OS(=O)(=O)CC=C. The molecule has 0 saturated heterocycles. The van der Waals surface area contributed by atoms with Crippen molar-refractivity contribution in [3.63, 3.8) is 0 Å². The van der Waals surface area contributed by atoms with Gasteiger partial charge in [-0.25, -0.2) is 9.59 Å². The smallest absolute Gasteiger partial charge is 0.342 e. The first-order valence-electron chi connectivity index (χ1n) is 4.94. The largest absolute Gasteiger partial charge is 0.346 e. The molecule has 0 atom stereocenters. The van der Waals surface area contributed by atoms with Crippen LogP contribution in [0, 0.1) is 0 Å². The van der Waals surface area contributed by atoms with Crippen LogP contribution in [-0.4, -0.2) is 40.3 Å². The normalized spacial score (nSPS) is 11.8. The quantitative estimate of drug-likeness (QED) is 0.338. The van der Waals surface area contributed by atoms with Crippen molar-refractivity contribution in [3.8, 4) is 0 Å². The number of carbonyl (C=O) groups excluding carboxylic acids is 2. The molecule has 20 heavy (non-hydrogen) atoms. The molecule has 0 spiro atoms. The topological polar surface area (TPSA) is 121 Å². The second-order valence-corrected chi connectivity index (χ2v) is 6.39. The van der Waals surface area contributed by atoms with Crippen molar-refractivity contribution in [1.82, 2.24) is 0 Å². The van der Waals surface area contributed by atoms with Crippen molar-refractivity contribution in [2.24, 2.45) is 0 Å². The molecule has 0 fully saturated rings. The monoisotopic (exact) mass is 324 g/mol. The molecule has 0 amide bonds. The maximum absolute atomic E-state index is 11.0. The van der Waals surface area contributed by atoms with Crippen LogP contribution in [0.5, 0.6) is 0 Å². The lowest BCUT2D eigenvalue weighted by Crippen LogP contribution is -2.15. The first-order valence-corrected chi connectivity index (χ1v) is 8.09. The Bertz CT molecular complexity index is 568. The Morgan fingerprint density at radius 3 is 1.35 bits per heavy atom. The van der Waals surface area contributed by atoms with Crippen LogP contribution in [0.1, 0.15) is 0 Å². The number of carbonyl (C=O) groups is 2. The van der Waals surface area contributed by atoms with Crippen LogP contribution in [0.15, 0.2) is 37.5 Å². The summed E-state index contributed by atoms with van der Waals surface area (Å²) in [5.41, 5.74) is 0. The van der Waals surface area contributed by atoms with Gasteiger partial charge in [0.15, 0.2) is 0 Å². The van der Waals surface area contributed by atoms with Crippen LogP contribution in [0.25, 0.3) is 0 Å². The molecule has 0 aliphatic heterocycles. The van der Waals surface area contributed by atoms with E-state index in [1.807, 2.05) is 0 Å². The minimum Gasteiger partial charge on any atom is -0.342 e. The van der Waals surface area contributed by atoms with Gasteiger partial charge in [-0.2, -0.15) is 16.8 Å². The summed E-state index contributed by atoms with van der Waals surface area (Å²) in [6.07, 6.45) is 2.85. The molecular formula is C10H12O8S2. The molecule has 0 aliphatic carbocycles. The molecule has 0 rings (SSSR count). The molecule has 0 N–H and O–H groups in total. The van der Waals surface area contributed by atoms with E-state index in [1.54, 1.807) is 0 Å². The first kappa shape index (κ1) is 18.1. The summed E-state index contributed by atoms with van der Waals surface area (Å²) in [5, 5.41) is 0. The highest BCUT2D eigenvalue weighted by Crippen LogP contribution is 1.98. The highest BCUT2D eigenvalue weighted by Gasteiger charge is 2.15. The molecule has 8 nitrogen and oxygen atoms in total. The van der Waals surface area contributed by atoms with E-state index < -0.39 is 43.7 Å². The average Bonchev–Trinajstić information content (AvgIpc) is 2.24. The van der Waals surface area contributed by atoms with Gasteiger partial charge in [0.2, 0.25) is 0 Å². The maximum Gasteiger partial charge on any atom is 0.346 e. The van der Waals surface area contributed by atoms with Gasteiger partial charge in [-0.15, -0.1) is 13.2 Å². The van der Waals surface area contributed by atoms with E-state index in [9.17, 15) is 26.4 Å². The lowest BCUT2D eigenvalue weighted by atomic mass is 10.5. The summed E-state index contributed by atoms with van der Waals surface area (Å²) < 4.78 is 52.1. The van der Waals surface area contributed by atoms with E-state index in [0.717, 1.165) is 12.2 Å². The van der Waals surface area contributed by atoms with Crippen molar-refractivity contribution in [2.75, 3.05) is 11.5 Å². The molecule has 0 saturated carbocycles. The first-order chi connectivity index (χ1) is 9.12. The zero-order chi connectivity index (χ0) is 15.8. The van der Waals surface area contributed by atoms with Gasteiger partial charge in [0.25, 0.3) is 0 Å². The molecule has 0 bridgehead atoms. The molecular weight excluding hydrogens is 312 g/mol. The van der Waals surface area contributed by atoms with Gasteiger partial charge in [0, 0.05) is 12.2 Å². The predicted octanol–water partition coefficient (Wildman–Crippen LogP) is -0.339. The Kier molecular flexibility index (Phi) is 6.86. The van der Waals surface area contributed by atoms with Crippen LogP contribution >= 0.6 is 0 Å². The van der Waals surface area contributed by atoms with E-state index in [-0.39, 0.29) is 0 Å². The third-order valence-electron chi connectivity index (χ3n) is 1.42. The van der Waals surface area contributed by atoms with Gasteiger partial charge in [-0.05, 0) is 0 Å². The van der Waals surface area contributed by atoms with Crippen molar-refractivity contribution >= 4 is 32.2 Å². The van der Waals surface area contributed by atoms with E-state index in [0.29, 0.717) is 12.2 Å². The lowest BCUT2D eigenvalue weighted by molar-refractivity contribution is -0.131. The lowest BCUT2D eigenvalue weighted by Gasteiger charge is -2.00. The molecule has 0 aromatic heterocycles. The van der Waals surface area contributed by atoms with Crippen molar-refractivity contribution < 1.29 is 34.8 Å². The minimum atomic E-state index is -4.12. The second kappa shape index (κ2) is 7.60. The third kappa shape index (κ3) is 8.21. The van der Waals surface area contributed by atoms with Crippen LogP contribution in [0.3, 0.4) is 0 Å². The number of hydrogen-bond donors (Lipinski definition) is 0. The highest BCUT2D eigenvalue weighted by atomic mass is 32.2. The fourth-order valence-electron chi connectivity index (χ4n) is 0.799. The molecule has 0 unspecified atom stereocenters. The molecule has 112 valence electrons. The summed E-state index contributed by atoms with van der Waals surface area (Å²) in [7, 11) is -8.25. The highest BCUT2D eigenvalue weighted by molar-refractivity contribution is 7.87. The maximum atomic E-state index is 11.0. The van der Waals surface area contributed by atoms with Gasteiger partial charge >= 0.3 is 32.2 Å². The van der Waals surface area contributed by atoms with Gasteiger partial charge in [-0.1, -0.05) is 12.2 Å². The summed E-state index contributed by atoms with van der Waals surface area (Å²) in [5.74, 6) is -3.93. The van der Waals surface area contributed by atoms with Crippen LogP contribution in [0.4, 0.5) is 0 Å². The van der Waals surface area contributed by atoms with Crippen molar-refractivity contribution in [3.05, 3.63) is 37.5 Å². The second-order valence-electron chi connectivity index (χ2n) is 3.16. The minimum absolute atomic E-state index is 0.423. The molecule has 0 aliphatic rings. The Balaban J connectivity index is 4.58. The van der Waals surface area contributed by atoms with Gasteiger partial charge in [0.1, 0.15) is 11.5 Å². The summed E-state index contributed by atoms with van der Waals surface area (Å²) >= 11 is 0. The molecule has 0 radical (unpaired) electrons. The zero-order valence-corrected chi connectivity index (χ0v) is 11.9. The Hall–Kier alpha value is -1.94. The van der Waals surface area contributed by atoms with E-state index in [4.69, 9.17) is 0 Å². The third-order valence-corrected chi connectivity index (χ3v) is 3.54. The zero-order valence-electron chi connectivity index (χ0n) is 10.2. The Morgan fingerprint density at radius 2 is 1.10 bits per heavy atom. The molecule has 0 aromatic carbocycles. The van der Waals surface area contributed by atoms with Gasteiger partial charge in [0.05, 0.1) is 0 Å². The van der Waals surface area contributed by atoms with Crippen LogP contribution in [-0.2, 0) is 38.2 Å². The van der Waals surface area contributed by atoms with E-state index >= 15 is 0 Å². The van der Waals surface area contributed by atoms with Crippen LogP contribution in [0.2, 0.25) is 0 Å². The summed E-state index contributed by atoms with van der Waals surface area (Å²) in [6.45, 7) is 6.30. The van der Waals surface area contributed by atoms with Crippen molar-refractivity contribution in [1.29, 1.82) is 0 Å². The molecule has 10 heteroatoms. The Morgan fingerprint density at radius 1 is 0.800 bits per heavy atom. The summed E-state index contributed by atoms with van der Waals surface area (Å²) in [4.78, 5) is 22.1. The van der Waals surface area contributed by atoms with Gasteiger partial charge in [-0.3, -0.25) is 0 Å². The average molecular weight is 324 g/mol. The molecule has 0 heterocycles. The van der Waals surface area contributed by atoms with E-state index in [2.05, 4.69) is 21.5 Å². The number of rotatable bonds is 8. The van der Waals surface area contributed by atoms with E-state index in [1.165, 1.54) is 0 Å². The summed E-state index contributed by atoms with van der Waals surface area (Å²) in [6, 6.07) is 0. The van der Waals surface area contributed by atoms with Crippen molar-refractivity contribution in [2.45, 2.75) is 0 Å². The van der Waals surface area contributed by atoms with Gasteiger partial charge < -0.3 is 8.37 Å². The Labute approximate surface area is 116 Å². The van der Waals surface area contributed by atoms with Crippen LogP contribution < -0.4 is 0 Å². The molecule has 0 aromatic rings. The standard InChI is InChI=1S/C10H12O8S2/c1-3-7-19(13,14)17-9(11)5-6-10(12)18-20(15,16)8-4-2/h3-6H,1-2,7-8H2/b6-5-. The fraction of sp³-hybridized carbons (Fsp3) is 0.200. The number of hydrogen-bond acceptors (Lipinski definition) is 8.